The number of nitrogens with zero attached hydrogens (tertiary/aromatic N) is 2. The van der Waals surface area contributed by atoms with E-state index < -0.39 is 0 Å². The minimum atomic E-state index is 0.0284. The predicted molar refractivity (Wildman–Crippen MR) is 125 cm³/mol. The van der Waals surface area contributed by atoms with E-state index >= 15 is 0 Å². The third-order valence-electron chi connectivity index (χ3n) is 5.37. The monoisotopic (exact) mass is 448 g/mol. The first-order chi connectivity index (χ1) is 15.2. The van der Waals surface area contributed by atoms with Gasteiger partial charge in [-0.05, 0) is 48.6 Å². The Bertz CT molecular complexity index is 1210. The molecule has 1 saturated carbocycles. The molecule has 0 spiro atoms. The molecular formula is C25H21ClN2O2S. The highest BCUT2D eigenvalue weighted by molar-refractivity contribution is 7.09. The maximum atomic E-state index is 13.0. The number of thiazole rings is 1. The van der Waals surface area contributed by atoms with E-state index in [0.29, 0.717) is 29.8 Å². The molecule has 6 heteroatoms. The molecule has 1 aliphatic carbocycles. The standard InChI is InChI=1S/C25H21ClN2O2S/c26-19-10-8-18(9-11-19)25(29)28(21-12-13-21)14-20-16-31-24(27-20)15-30-23-7-3-5-17-4-1-2-6-22(17)23/h1-11,16,21H,12-15H2. The van der Waals surface area contributed by atoms with Gasteiger partial charge in [0.1, 0.15) is 17.4 Å². The fraction of sp³-hybridized carbons (Fsp3) is 0.200. The molecule has 1 fully saturated rings. The summed E-state index contributed by atoms with van der Waals surface area (Å²) in [4.78, 5) is 19.7. The van der Waals surface area contributed by atoms with Crippen LogP contribution in [0.4, 0.5) is 0 Å². The van der Waals surface area contributed by atoms with E-state index in [-0.39, 0.29) is 5.91 Å². The van der Waals surface area contributed by atoms with Crippen LogP contribution in [0.15, 0.2) is 72.1 Å². The number of fused-ring (bicyclic) bond motifs is 1. The minimum absolute atomic E-state index is 0.0284. The molecular weight excluding hydrogens is 428 g/mol. The van der Waals surface area contributed by atoms with E-state index in [9.17, 15) is 4.79 Å². The molecule has 1 aromatic heterocycles. The number of carbonyl (C=O) groups excluding carboxylic acids is 1. The second kappa shape index (κ2) is 8.69. The Balaban J connectivity index is 1.27. The molecule has 1 amide bonds. The molecule has 0 atom stereocenters. The van der Waals surface area contributed by atoms with Crippen LogP contribution in [0.5, 0.6) is 5.75 Å². The molecule has 3 aromatic carbocycles. The van der Waals surface area contributed by atoms with Gasteiger partial charge in [-0.3, -0.25) is 4.79 Å². The van der Waals surface area contributed by atoms with Crippen LogP contribution in [-0.2, 0) is 13.2 Å². The summed E-state index contributed by atoms with van der Waals surface area (Å²) in [5.74, 6) is 0.882. The number of halogens is 1. The maximum Gasteiger partial charge on any atom is 0.254 e. The number of aromatic nitrogens is 1. The van der Waals surface area contributed by atoms with Crippen molar-refractivity contribution < 1.29 is 9.53 Å². The zero-order valence-electron chi connectivity index (χ0n) is 16.8. The second-order valence-corrected chi connectivity index (χ2v) is 9.05. The summed E-state index contributed by atoms with van der Waals surface area (Å²) in [5.41, 5.74) is 1.56. The van der Waals surface area contributed by atoms with Gasteiger partial charge in [0.15, 0.2) is 0 Å². The van der Waals surface area contributed by atoms with Gasteiger partial charge in [-0.1, -0.05) is 48.0 Å². The Morgan fingerprint density at radius 2 is 1.84 bits per heavy atom. The van der Waals surface area contributed by atoms with Crippen LogP contribution in [-0.4, -0.2) is 21.8 Å². The molecule has 4 aromatic rings. The van der Waals surface area contributed by atoms with E-state index in [4.69, 9.17) is 21.3 Å². The largest absolute Gasteiger partial charge is 0.486 e. The molecule has 0 radical (unpaired) electrons. The maximum absolute atomic E-state index is 13.0. The average molecular weight is 449 g/mol. The van der Waals surface area contributed by atoms with Crippen LogP contribution < -0.4 is 4.74 Å². The van der Waals surface area contributed by atoms with Gasteiger partial charge in [0.2, 0.25) is 0 Å². The summed E-state index contributed by atoms with van der Waals surface area (Å²) in [6, 6.07) is 21.6. The molecule has 0 unspecified atom stereocenters. The smallest absolute Gasteiger partial charge is 0.254 e. The molecule has 0 N–H and O–H groups in total. The van der Waals surface area contributed by atoms with Crippen LogP contribution in [0.2, 0.25) is 5.02 Å². The Labute approximate surface area is 190 Å². The molecule has 31 heavy (non-hydrogen) atoms. The SMILES string of the molecule is O=C(c1ccc(Cl)cc1)N(Cc1csc(COc2cccc3ccccc23)n1)C1CC1. The zero-order chi connectivity index (χ0) is 21.2. The minimum Gasteiger partial charge on any atom is -0.486 e. The summed E-state index contributed by atoms with van der Waals surface area (Å²) in [6.45, 7) is 0.921. The van der Waals surface area contributed by atoms with Crippen molar-refractivity contribution in [2.75, 3.05) is 0 Å². The van der Waals surface area contributed by atoms with Crippen molar-refractivity contribution in [3.05, 3.63) is 93.4 Å². The molecule has 5 rings (SSSR count). The summed E-state index contributed by atoms with van der Waals surface area (Å²) in [6.07, 6.45) is 2.08. The van der Waals surface area contributed by atoms with Crippen molar-refractivity contribution in [1.29, 1.82) is 0 Å². The molecule has 1 aliphatic rings. The molecule has 0 aliphatic heterocycles. The summed E-state index contributed by atoms with van der Waals surface area (Å²) >= 11 is 7.53. The molecule has 0 bridgehead atoms. The number of ether oxygens (including phenoxy) is 1. The van der Waals surface area contributed by atoms with Crippen molar-refractivity contribution >= 4 is 39.6 Å². The third kappa shape index (κ3) is 4.58. The lowest BCUT2D eigenvalue weighted by Gasteiger charge is -2.21. The van der Waals surface area contributed by atoms with Gasteiger partial charge in [0, 0.05) is 27.4 Å². The first-order valence-corrected chi connectivity index (χ1v) is 11.5. The number of amides is 1. The quantitative estimate of drug-likeness (QED) is 0.331. The fourth-order valence-corrected chi connectivity index (χ4v) is 4.46. The van der Waals surface area contributed by atoms with Gasteiger partial charge in [-0.15, -0.1) is 11.3 Å². The second-order valence-electron chi connectivity index (χ2n) is 7.67. The van der Waals surface area contributed by atoms with E-state index in [1.807, 2.05) is 34.5 Å². The summed E-state index contributed by atoms with van der Waals surface area (Å²) < 4.78 is 6.07. The predicted octanol–water partition coefficient (Wildman–Crippen LogP) is 6.33. The normalized spacial score (nSPS) is 13.3. The van der Waals surface area contributed by atoms with E-state index in [2.05, 4.69) is 18.2 Å². The zero-order valence-corrected chi connectivity index (χ0v) is 18.4. The highest BCUT2D eigenvalue weighted by atomic mass is 35.5. The lowest BCUT2D eigenvalue weighted by atomic mass is 10.1. The van der Waals surface area contributed by atoms with Gasteiger partial charge in [-0.25, -0.2) is 4.98 Å². The van der Waals surface area contributed by atoms with Gasteiger partial charge < -0.3 is 9.64 Å². The van der Waals surface area contributed by atoms with Crippen molar-refractivity contribution in [3.8, 4) is 5.75 Å². The molecule has 156 valence electrons. The van der Waals surface area contributed by atoms with Gasteiger partial charge >= 0.3 is 0 Å². The highest BCUT2D eigenvalue weighted by Crippen LogP contribution is 2.31. The lowest BCUT2D eigenvalue weighted by Crippen LogP contribution is -2.32. The molecule has 4 nitrogen and oxygen atoms in total. The Morgan fingerprint density at radius 1 is 1.06 bits per heavy atom. The third-order valence-corrected chi connectivity index (χ3v) is 6.50. The topological polar surface area (TPSA) is 42.4 Å². The Hall–Kier alpha value is -2.89. The van der Waals surface area contributed by atoms with Gasteiger partial charge in [0.05, 0.1) is 12.2 Å². The fourth-order valence-electron chi connectivity index (χ4n) is 3.63. The van der Waals surface area contributed by atoms with Crippen LogP contribution in [0.3, 0.4) is 0 Å². The van der Waals surface area contributed by atoms with E-state index in [1.165, 1.54) is 0 Å². The number of rotatable bonds is 7. The molecule has 0 saturated heterocycles. The van der Waals surface area contributed by atoms with Crippen LogP contribution >= 0.6 is 22.9 Å². The first kappa shape index (κ1) is 20.0. The summed E-state index contributed by atoms with van der Waals surface area (Å²) in [5, 5.41) is 5.80. The lowest BCUT2D eigenvalue weighted by molar-refractivity contribution is 0.0728. The van der Waals surface area contributed by atoms with Crippen LogP contribution in [0, 0.1) is 0 Å². The van der Waals surface area contributed by atoms with Crippen molar-refractivity contribution in [3.63, 3.8) is 0 Å². The molecule has 1 heterocycles. The number of hydrogen-bond acceptors (Lipinski definition) is 4. The van der Waals surface area contributed by atoms with Crippen molar-refractivity contribution in [1.82, 2.24) is 9.88 Å². The summed E-state index contributed by atoms with van der Waals surface area (Å²) in [7, 11) is 0. The van der Waals surface area contributed by atoms with Crippen molar-refractivity contribution in [2.45, 2.75) is 32.0 Å². The van der Waals surface area contributed by atoms with E-state index in [0.717, 1.165) is 40.1 Å². The Kier molecular flexibility index (Phi) is 5.62. The number of benzene rings is 3. The van der Waals surface area contributed by atoms with Gasteiger partial charge in [-0.2, -0.15) is 0 Å². The number of hydrogen-bond donors (Lipinski definition) is 0. The number of carbonyl (C=O) groups is 1. The Morgan fingerprint density at radius 3 is 2.65 bits per heavy atom. The first-order valence-electron chi connectivity index (χ1n) is 10.3. The van der Waals surface area contributed by atoms with Crippen LogP contribution in [0.1, 0.15) is 33.9 Å². The average Bonchev–Trinajstić information content (AvgIpc) is 3.54. The van der Waals surface area contributed by atoms with Crippen LogP contribution in [0.25, 0.3) is 10.8 Å². The van der Waals surface area contributed by atoms with E-state index in [1.54, 1.807) is 35.6 Å². The highest BCUT2D eigenvalue weighted by Gasteiger charge is 2.33. The van der Waals surface area contributed by atoms with Gasteiger partial charge in [0.25, 0.3) is 5.91 Å². The van der Waals surface area contributed by atoms with Crippen molar-refractivity contribution in [2.24, 2.45) is 0 Å².